The molecule has 0 spiro atoms. The van der Waals surface area contributed by atoms with Gasteiger partial charge >= 0.3 is 0 Å². The maximum atomic E-state index is 13.3. The zero-order valence-electron chi connectivity index (χ0n) is 13.7. The maximum absolute atomic E-state index is 13.3. The highest BCUT2D eigenvalue weighted by molar-refractivity contribution is 5.93. The van der Waals surface area contributed by atoms with Crippen LogP contribution in [0.4, 0.5) is 4.39 Å². The standard InChI is InChI=1S/C18H18FN5O/c19-15-4-1-3-14(11-15)13-22-7-9-23(10-8-22)18(25)16-12-17-20-5-2-6-24(17)21-16/h1-6,11-12H,7-10,13H2. The normalized spacial score (nSPS) is 15.6. The first-order valence-corrected chi connectivity index (χ1v) is 8.25. The van der Waals surface area contributed by atoms with Crippen LogP contribution in [0.3, 0.4) is 0 Å². The van der Waals surface area contributed by atoms with Gasteiger partial charge < -0.3 is 4.90 Å². The first kappa shape index (κ1) is 15.7. The summed E-state index contributed by atoms with van der Waals surface area (Å²) in [6.45, 7) is 3.48. The van der Waals surface area contributed by atoms with Crippen LogP contribution in [0, 0.1) is 5.82 Å². The molecule has 0 saturated carbocycles. The van der Waals surface area contributed by atoms with Crippen molar-refractivity contribution in [2.24, 2.45) is 0 Å². The largest absolute Gasteiger partial charge is 0.335 e. The number of aromatic nitrogens is 3. The number of hydrogen-bond donors (Lipinski definition) is 0. The molecule has 1 aromatic carbocycles. The van der Waals surface area contributed by atoms with E-state index in [1.54, 1.807) is 41.2 Å². The molecule has 0 atom stereocenters. The van der Waals surface area contributed by atoms with E-state index in [1.807, 2.05) is 11.0 Å². The third kappa shape index (κ3) is 3.36. The molecule has 1 amide bonds. The Morgan fingerprint density at radius 2 is 1.96 bits per heavy atom. The first-order valence-electron chi connectivity index (χ1n) is 8.25. The second-order valence-corrected chi connectivity index (χ2v) is 6.15. The summed E-state index contributed by atoms with van der Waals surface area (Å²) in [5.41, 5.74) is 2.03. The summed E-state index contributed by atoms with van der Waals surface area (Å²) in [6, 6.07) is 10.1. The van der Waals surface area contributed by atoms with Gasteiger partial charge in [-0.25, -0.2) is 13.9 Å². The summed E-state index contributed by atoms with van der Waals surface area (Å²) < 4.78 is 14.9. The smallest absolute Gasteiger partial charge is 0.274 e. The molecule has 1 fully saturated rings. The summed E-state index contributed by atoms with van der Waals surface area (Å²) in [7, 11) is 0. The van der Waals surface area contributed by atoms with Gasteiger partial charge in [-0.1, -0.05) is 12.1 Å². The van der Waals surface area contributed by atoms with Crippen LogP contribution in [-0.2, 0) is 6.54 Å². The van der Waals surface area contributed by atoms with Gasteiger partial charge in [0.2, 0.25) is 0 Å². The molecule has 0 N–H and O–H groups in total. The Kier molecular flexibility index (Phi) is 4.15. The minimum Gasteiger partial charge on any atom is -0.335 e. The maximum Gasteiger partial charge on any atom is 0.274 e. The van der Waals surface area contributed by atoms with Crippen LogP contribution in [0.15, 0.2) is 48.8 Å². The lowest BCUT2D eigenvalue weighted by Crippen LogP contribution is -2.48. The second-order valence-electron chi connectivity index (χ2n) is 6.15. The van der Waals surface area contributed by atoms with Crippen LogP contribution < -0.4 is 0 Å². The lowest BCUT2D eigenvalue weighted by Gasteiger charge is -2.34. The quantitative estimate of drug-likeness (QED) is 0.730. The van der Waals surface area contributed by atoms with Crippen molar-refractivity contribution in [3.05, 3.63) is 65.9 Å². The van der Waals surface area contributed by atoms with Gasteiger partial charge in [0, 0.05) is 51.2 Å². The summed E-state index contributed by atoms with van der Waals surface area (Å²) in [5, 5.41) is 4.29. The number of fused-ring (bicyclic) bond motifs is 1. The topological polar surface area (TPSA) is 53.7 Å². The molecule has 6 nitrogen and oxygen atoms in total. The summed E-state index contributed by atoms with van der Waals surface area (Å²) in [6.07, 6.45) is 3.45. The molecule has 0 radical (unpaired) electrons. The van der Waals surface area contributed by atoms with Gasteiger partial charge in [-0.15, -0.1) is 0 Å². The fourth-order valence-corrected chi connectivity index (χ4v) is 3.10. The lowest BCUT2D eigenvalue weighted by atomic mass is 10.2. The third-order valence-corrected chi connectivity index (χ3v) is 4.41. The highest BCUT2D eigenvalue weighted by Crippen LogP contribution is 2.13. The van der Waals surface area contributed by atoms with Crippen LogP contribution in [-0.4, -0.2) is 56.5 Å². The van der Waals surface area contributed by atoms with E-state index in [4.69, 9.17) is 0 Å². The molecule has 1 saturated heterocycles. The third-order valence-electron chi connectivity index (χ3n) is 4.41. The predicted molar refractivity (Wildman–Crippen MR) is 90.6 cm³/mol. The average Bonchev–Trinajstić information content (AvgIpc) is 3.06. The van der Waals surface area contributed by atoms with Crippen LogP contribution in [0.2, 0.25) is 0 Å². The monoisotopic (exact) mass is 339 g/mol. The van der Waals surface area contributed by atoms with Gasteiger partial charge in [0.1, 0.15) is 5.82 Å². The van der Waals surface area contributed by atoms with E-state index in [9.17, 15) is 9.18 Å². The van der Waals surface area contributed by atoms with Crippen molar-refractivity contribution < 1.29 is 9.18 Å². The highest BCUT2D eigenvalue weighted by Gasteiger charge is 2.24. The van der Waals surface area contributed by atoms with Crippen molar-refractivity contribution in [3.63, 3.8) is 0 Å². The fraction of sp³-hybridized carbons (Fsp3) is 0.278. The van der Waals surface area contributed by atoms with Gasteiger partial charge in [-0.05, 0) is 23.8 Å². The van der Waals surface area contributed by atoms with Crippen molar-refractivity contribution in [3.8, 4) is 0 Å². The highest BCUT2D eigenvalue weighted by atomic mass is 19.1. The number of rotatable bonds is 3. The molecule has 7 heteroatoms. The van der Waals surface area contributed by atoms with E-state index in [0.717, 1.165) is 18.7 Å². The molecule has 25 heavy (non-hydrogen) atoms. The molecule has 1 aliphatic heterocycles. The zero-order valence-corrected chi connectivity index (χ0v) is 13.7. The Hall–Kier alpha value is -2.80. The Labute approximate surface area is 144 Å². The van der Waals surface area contributed by atoms with Gasteiger partial charge in [-0.3, -0.25) is 9.69 Å². The molecule has 0 unspecified atom stereocenters. The van der Waals surface area contributed by atoms with Gasteiger partial charge in [0.25, 0.3) is 5.91 Å². The van der Waals surface area contributed by atoms with E-state index in [1.165, 1.54) is 6.07 Å². The predicted octanol–water partition coefficient (Wildman–Crippen LogP) is 1.83. The van der Waals surface area contributed by atoms with Crippen LogP contribution in [0.25, 0.3) is 5.65 Å². The SMILES string of the molecule is O=C(c1cc2ncccn2n1)N1CCN(Cc2cccc(F)c2)CC1. The van der Waals surface area contributed by atoms with Crippen molar-refractivity contribution in [2.45, 2.75) is 6.54 Å². The Bertz CT molecular complexity index is 868. The second kappa shape index (κ2) is 6.60. The van der Waals surface area contributed by atoms with E-state index < -0.39 is 0 Å². The minimum absolute atomic E-state index is 0.0732. The number of nitrogens with zero attached hydrogens (tertiary/aromatic N) is 5. The molecule has 3 heterocycles. The van der Waals surface area contributed by atoms with E-state index in [0.29, 0.717) is 31.0 Å². The first-order chi connectivity index (χ1) is 12.2. The molecular formula is C18H18FN5O. The fourth-order valence-electron chi connectivity index (χ4n) is 3.10. The number of carbonyl (C=O) groups is 1. The number of carbonyl (C=O) groups excluding carboxylic acids is 1. The molecule has 128 valence electrons. The van der Waals surface area contributed by atoms with E-state index >= 15 is 0 Å². The summed E-state index contributed by atoms with van der Waals surface area (Å²) in [4.78, 5) is 20.9. The molecule has 0 bridgehead atoms. The number of benzene rings is 1. The Balaban J connectivity index is 1.38. The Morgan fingerprint density at radius 3 is 2.72 bits per heavy atom. The average molecular weight is 339 g/mol. The number of halogens is 1. The minimum atomic E-state index is -0.216. The zero-order chi connectivity index (χ0) is 17.2. The van der Waals surface area contributed by atoms with Crippen LogP contribution in [0.5, 0.6) is 0 Å². The van der Waals surface area contributed by atoms with Crippen molar-refractivity contribution in [1.29, 1.82) is 0 Å². The molecular weight excluding hydrogens is 321 g/mol. The van der Waals surface area contributed by atoms with Gasteiger partial charge in [0.05, 0.1) is 0 Å². The van der Waals surface area contributed by atoms with Crippen LogP contribution >= 0.6 is 0 Å². The van der Waals surface area contributed by atoms with Crippen molar-refractivity contribution >= 4 is 11.6 Å². The number of hydrogen-bond acceptors (Lipinski definition) is 4. The molecule has 0 aliphatic carbocycles. The van der Waals surface area contributed by atoms with E-state index in [-0.39, 0.29) is 11.7 Å². The number of piperazine rings is 1. The van der Waals surface area contributed by atoms with Gasteiger partial charge in [-0.2, -0.15) is 5.10 Å². The van der Waals surface area contributed by atoms with Crippen molar-refractivity contribution in [2.75, 3.05) is 26.2 Å². The summed E-state index contributed by atoms with van der Waals surface area (Å²) >= 11 is 0. The summed E-state index contributed by atoms with van der Waals surface area (Å²) in [5.74, 6) is -0.289. The number of amides is 1. The molecule has 3 aromatic rings. The molecule has 4 rings (SSSR count). The Morgan fingerprint density at radius 1 is 1.12 bits per heavy atom. The van der Waals surface area contributed by atoms with Gasteiger partial charge in [0.15, 0.2) is 11.3 Å². The van der Waals surface area contributed by atoms with Crippen LogP contribution in [0.1, 0.15) is 16.1 Å². The molecule has 1 aliphatic rings. The lowest BCUT2D eigenvalue weighted by molar-refractivity contribution is 0.0622. The van der Waals surface area contributed by atoms with Crippen molar-refractivity contribution in [1.82, 2.24) is 24.4 Å². The van der Waals surface area contributed by atoms with E-state index in [2.05, 4.69) is 15.0 Å². The molecule has 2 aromatic heterocycles.